The smallest absolute Gasteiger partial charge is 0.322 e. The minimum Gasteiger partial charge on any atom is -0.495 e. The van der Waals surface area contributed by atoms with Crippen molar-refractivity contribution in [3.63, 3.8) is 0 Å². The summed E-state index contributed by atoms with van der Waals surface area (Å²) in [5, 5.41) is 3.54. The van der Waals surface area contributed by atoms with Crippen molar-refractivity contribution in [1.29, 1.82) is 0 Å². The number of para-hydroxylation sites is 2. The minimum atomic E-state index is -0.378. The molecule has 0 bridgehead atoms. The molecule has 3 aromatic rings. The SMILES string of the molecule is COc1ccccc1NC(=O)N(C)[C@@H](c1ccc(Cl)cc1)c1nccn1C. The molecule has 0 spiro atoms. The molecule has 0 fully saturated rings. The molecule has 140 valence electrons. The average molecular weight is 385 g/mol. The van der Waals surface area contributed by atoms with Crippen LogP contribution in [-0.2, 0) is 7.05 Å². The number of halogens is 1. The van der Waals surface area contributed by atoms with Crippen LogP contribution in [0.25, 0.3) is 0 Å². The summed E-state index contributed by atoms with van der Waals surface area (Å²) in [6, 6.07) is 14.0. The molecule has 0 radical (unpaired) electrons. The largest absolute Gasteiger partial charge is 0.495 e. The fraction of sp³-hybridized carbons (Fsp3) is 0.200. The fourth-order valence-electron chi connectivity index (χ4n) is 2.90. The van der Waals surface area contributed by atoms with Gasteiger partial charge < -0.3 is 19.5 Å². The summed E-state index contributed by atoms with van der Waals surface area (Å²) >= 11 is 6.03. The van der Waals surface area contributed by atoms with Crippen LogP contribution in [0.5, 0.6) is 5.75 Å². The Hall–Kier alpha value is -2.99. The van der Waals surface area contributed by atoms with Crippen molar-refractivity contribution >= 4 is 23.3 Å². The summed E-state index contributed by atoms with van der Waals surface area (Å²) in [6.07, 6.45) is 3.56. The first-order valence-electron chi connectivity index (χ1n) is 8.40. The molecule has 0 unspecified atom stereocenters. The van der Waals surface area contributed by atoms with Gasteiger partial charge in [0.2, 0.25) is 0 Å². The quantitative estimate of drug-likeness (QED) is 0.712. The Kier molecular flexibility index (Phi) is 5.66. The molecule has 27 heavy (non-hydrogen) atoms. The number of methoxy groups -OCH3 is 1. The number of carbonyl (C=O) groups is 1. The summed E-state index contributed by atoms with van der Waals surface area (Å²) in [7, 11) is 5.20. The topological polar surface area (TPSA) is 59.4 Å². The maximum atomic E-state index is 13.0. The van der Waals surface area contributed by atoms with Gasteiger partial charge in [-0.1, -0.05) is 35.9 Å². The lowest BCUT2D eigenvalue weighted by Crippen LogP contribution is -2.36. The Balaban J connectivity index is 1.93. The monoisotopic (exact) mass is 384 g/mol. The van der Waals surface area contributed by atoms with Crippen molar-refractivity contribution in [3.8, 4) is 5.75 Å². The number of imidazole rings is 1. The molecule has 1 heterocycles. The van der Waals surface area contributed by atoms with Crippen LogP contribution in [0.1, 0.15) is 17.4 Å². The second kappa shape index (κ2) is 8.14. The van der Waals surface area contributed by atoms with E-state index < -0.39 is 0 Å². The molecule has 0 aliphatic heterocycles. The van der Waals surface area contributed by atoms with E-state index in [1.807, 2.05) is 42.1 Å². The van der Waals surface area contributed by atoms with Crippen LogP contribution in [0.15, 0.2) is 60.9 Å². The van der Waals surface area contributed by atoms with Crippen molar-refractivity contribution in [2.75, 3.05) is 19.5 Å². The van der Waals surface area contributed by atoms with E-state index in [1.54, 1.807) is 49.5 Å². The first kappa shape index (κ1) is 18.8. The van der Waals surface area contributed by atoms with Crippen LogP contribution in [0, 0.1) is 0 Å². The summed E-state index contributed by atoms with van der Waals surface area (Å²) < 4.78 is 7.21. The third kappa shape index (κ3) is 4.06. The van der Waals surface area contributed by atoms with E-state index in [-0.39, 0.29) is 12.1 Å². The van der Waals surface area contributed by atoms with E-state index in [4.69, 9.17) is 16.3 Å². The predicted molar refractivity (Wildman–Crippen MR) is 106 cm³/mol. The zero-order valence-electron chi connectivity index (χ0n) is 15.4. The number of nitrogens with one attached hydrogen (secondary N) is 1. The molecule has 1 atom stereocenters. The highest BCUT2D eigenvalue weighted by Gasteiger charge is 2.27. The number of hydrogen-bond acceptors (Lipinski definition) is 3. The maximum Gasteiger partial charge on any atom is 0.322 e. The number of aromatic nitrogens is 2. The molecule has 0 saturated heterocycles. The van der Waals surface area contributed by atoms with Crippen LogP contribution >= 0.6 is 11.6 Å². The maximum absolute atomic E-state index is 13.0. The first-order chi connectivity index (χ1) is 13.0. The molecular formula is C20H21ClN4O2. The van der Waals surface area contributed by atoms with E-state index in [9.17, 15) is 4.79 Å². The normalized spacial score (nSPS) is 11.7. The number of benzene rings is 2. The van der Waals surface area contributed by atoms with Crippen LogP contribution in [-0.4, -0.2) is 34.6 Å². The van der Waals surface area contributed by atoms with Crippen LogP contribution < -0.4 is 10.1 Å². The van der Waals surface area contributed by atoms with E-state index in [1.165, 1.54) is 0 Å². The second-order valence-electron chi connectivity index (χ2n) is 6.09. The van der Waals surface area contributed by atoms with Gasteiger partial charge in [0.15, 0.2) is 0 Å². The highest BCUT2D eigenvalue weighted by atomic mass is 35.5. The van der Waals surface area contributed by atoms with E-state index in [0.29, 0.717) is 16.5 Å². The zero-order chi connectivity index (χ0) is 19.4. The number of nitrogens with zero attached hydrogens (tertiary/aromatic N) is 3. The zero-order valence-corrected chi connectivity index (χ0v) is 16.1. The number of ether oxygens (including phenoxy) is 1. The molecule has 0 aliphatic rings. The molecule has 0 aliphatic carbocycles. The van der Waals surface area contributed by atoms with E-state index in [2.05, 4.69) is 10.3 Å². The van der Waals surface area contributed by atoms with Crippen molar-refractivity contribution in [3.05, 3.63) is 77.3 Å². The van der Waals surface area contributed by atoms with Crippen LogP contribution in [0.4, 0.5) is 10.5 Å². The third-order valence-corrected chi connectivity index (χ3v) is 4.60. The van der Waals surface area contributed by atoms with Crippen molar-refractivity contribution in [2.24, 2.45) is 7.05 Å². The lowest BCUT2D eigenvalue weighted by atomic mass is 10.1. The third-order valence-electron chi connectivity index (χ3n) is 4.34. The number of hydrogen-bond donors (Lipinski definition) is 1. The molecule has 2 amide bonds. The van der Waals surface area contributed by atoms with E-state index >= 15 is 0 Å². The molecule has 1 N–H and O–H groups in total. The first-order valence-corrected chi connectivity index (χ1v) is 8.78. The minimum absolute atomic E-state index is 0.276. The Labute approximate surface area is 163 Å². The molecular weight excluding hydrogens is 364 g/mol. The summed E-state index contributed by atoms with van der Waals surface area (Å²) in [4.78, 5) is 19.0. The number of aryl methyl sites for hydroxylation is 1. The van der Waals surface area contributed by atoms with E-state index in [0.717, 1.165) is 11.4 Å². The van der Waals surface area contributed by atoms with Crippen molar-refractivity contribution in [1.82, 2.24) is 14.5 Å². The van der Waals surface area contributed by atoms with Gasteiger partial charge in [-0.05, 0) is 29.8 Å². The molecule has 2 aromatic carbocycles. The Morgan fingerprint density at radius 2 is 1.93 bits per heavy atom. The molecule has 3 rings (SSSR count). The van der Waals surface area contributed by atoms with Gasteiger partial charge in [0.1, 0.15) is 17.6 Å². The van der Waals surface area contributed by atoms with Gasteiger partial charge in [-0.25, -0.2) is 9.78 Å². The van der Waals surface area contributed by atoms with Gasteiger partial charge in [0, 0.05) is 31.5 Å². The predicted octanol–water partition coefficient (Wildman–Crippen LogP) is 4.34. The van der Waals surface area contributed by atoms with Gasteiger partial charge in [0.05, 0.1) is 12.8 Å². The Bertz CT molecular complexity index is 924. The Morgan fingerprint density at radius 1 is 1.22 bits per heavy atom. The van der Waals surface area contributed by atoms with Crippen LogP contribution in [0.2, 0.25) is 5.02 Å². The van der Waals surface area contributed by atoms with Gasteiger partial charge >= 0.3 is 6.03 Å². The highest BCUT2D eigenvalue weighted by Crippen LogP contribution is 2.29. The Morgan fingerprint density at radius 3 is 2.56 bits per heavy atom. The standard InChI is InChI=1S/C20H21ClN4O2/c1-24-13-12-22-19(24)18(14-8-10-15(21)11-9-14)25(2)20(26)23-16-6-4-5-7-17(16)27-3/h4-13,18H,1-3H3,(H,23,26)/t18-/m0/s1. The number of urea groups is 1. The van der Waals surface area contributed by atoms with Gasteiger partial charge in [-0.15, -0.1) is 0 Å². The van der Waals surface area contributed by atoms with Gasteiger partial charge in [0.25, 0.3) is 0 Å². The van der Waals surface area contributed by atoms with Crippen molar-refractivity contribution in [2.45, 2.75) is 6.04 Å². The molecule has 6 nitrogen and oxygen atoms in total. The highest BCUT2D eigenvalue weighted by molar-refractivity contribution is 6.30. The summed E-state index contributed by atoms with van der Waals surface area (Å²) in [5.41, 5.74) is 1.51. The van der Waals surface area contributed by atoms with Gasteiger partial charge in [-0.2, -0.15) is 0 Å². The second-order valence-corrected chi connectivity index (χ2v) is 6.53. The van der Waals surface area contributed by atoms with Crippen molar-refractivity contribution < 1.29 is 9.53 Å². The van der Waals surface area contributed by atoms with Gasteiger partial charge in [-0.3, -0.25) is 0 Å². The lowest BCUT2D eigenvalue weighted by molar-refractivity contribution is 0.209. The number of anilines is 1. The number of carbonyl (C=O) groups excluding carboxylic acids is 1. The van der Waals surface area contributed by atoms with Crippen LogP contribution in [0.3, 0.4) is 0 Å². The average Bonchev–Trinajstić information content (AvgIpc) is 3.09. The summed E-state index contributed by atoms with van der Waals surface area (Å²) in [6.45, 7) is 0. The number of rotatable bonds is 5. The lowest BCUT2D eigenvalue weighted by Gasteiger charge is -2.28. The molecule has 1 aromatic heterocycles. The molecule has 7 heteroatoms. The summed E-state index contributed by atoms with van der Waals surface area (Å²) in [5.74, 6) is 1.34. The molecule has 0 saturated carbocycles. The number of amides is 2. The fourth-order valence-corrected chi connectivity index (χ4v) is 3.03.